The van der Waals surface area contributed by atoms with Crippen LogP contribution in [0.5, 0.6) is 11.5 Å². The number of benzene rings is 2. The molecule has 270 valence electrons. The van der Waals surface area contributed by atoms with Crippen LogP contribution in [0.15, 0.2) is 48.5 Å². The number of hydrogen-bond acceptors (Lipinski definition) is 20. The Hall–Kier alpha value is -6.60. The second-order valence-electron chi connectivity index (χ2n) is 9.47. The van der Waals surface area contributed by atoms with Gasteiger partial charge in [-0.25, -0.2) is 77.5 Å². The summed E-state index contributed by atoms with van der Waals surface area (Å²) in [6.07, 6.45) is 0. The molecule has 0 saturated carbocycles. The highest BCUT2D eigenvalue weighted by molar-refractivity contribution is 5.84. The minimum atomic E-state index is -1.08. The largest absolute Gasteiger partial charge is 0.488 e. The molecular weight excluding hydrogens is 676 g/mol. The summed E-state index contributed by atoms with van der Waals surface area (Å²) in [6.45, 7) is 1.10. The maximum Gasteiger partial charge on any atom is 0.374 e. The third kappa shape index (κ3) is 15.3. The Balaban J connectivity index is 2.21. The first kappa shape index (κ1) is 39.6. The molecule has 2 aromatic carbocycles. The van der Waals surface area contributed by atoms with Gasteiger partial charge in [0.25, 0.3) is 0 Å². The van der Waals surface area contributed by atoms with Crippen molar-refractivity contribution in [3.8, 4) is 11.5 Å². The molecule has 0 N–H and O–H groups in total. The molecule has 2 aromatic rings. The molecule has 0 saturated heterocycles. The smallest absolute Gasteiger partial charge is 0.374 e. The van der Waals surface area contributed by atoms with Gasteiger partial charge in [-0.3, -0.25) is 0 Å². The molecule has 0 heterocycles. The molecule has 0 aliphatic heterocycles. The average molecular weight is 709 g/mol. The van der Waals surface area contributed by atoms with Crippen LogP contribution in [0.3, 0.4) is 0 Å². The number of carbonyl (C=O) groups excluding carboxylic acids is 8. The standard InChI is InChI=1S/C30H32N2O18/c1-19(33)43-47-27(37)15-31(16-28(38)48-44-20(2)34)23-9-5-7-11-25(23)41-13-14-42-26-12-8-6-10-24(26)32(17-29(39)49-45-21(3)35)18-30(40)50-46-22(4)36/h5-12H,13-18H2,1-4H3. The zero-order valence-electron chi connectivity index (χ0n) is 27.1. The van der Waals surface area contributed by atoms with Gasteiger partial charge in [0.2, 0.25) is 0 Å². The summed E-state index contributed by atoms with van der Waals surface area (Å²) < 4.78 is 11.7. The summed E-state index contributed by atoms with van der Waals surface area (Å²) in [5.41, 5.74) is 0.326. The van der Waals surface area contributed by atoms with Crippen molar-refractivity contribution in [2.45, 2.75) is 27.7 Å². The molecule has 2 rings (SSSR count). The van der Waals surface area contributed by atoms with Gasteiger partial charge in [-0.05, 0) is 24.3 Å². The molecule has 0 spiro atoms. The Morgan fingerprint density at radius 1 is 0.420 bits per heavy atom. The molecule has 20 heteroatoms. The van der Waals surface area contributed by atoms with Gasteiger partial charge < -0.3 is 19.3 Å². The molecule has 0 amide bonds. The number of para-hydroxylation sites is 4. The minimum Gasteiger partial charge on any atom is -0.488 e. The van der Waals surface area contributed by atoms with Crippen molar-refractivity contribution in [1.82, 2.24) is 0 Å². The molecule has 0 radical (unpaired) electrons. The second kappa shape index (κ2) is 20.6. The highest BCUT2D eigenvalue weighted by atomic mass is 17.2. The molecule has 0 unspecified atom stereocenters. The maximum atomic E-state index is 12.3. The normalized spacial score (nSPS) is 9.92. The van der Waals surface area contributed by atoms with Gasteiger partial charge in [0.15, 0.2) is 0 Å². The van der Waals surface area contributed by atoms with E-state index in [1.54, 1.807) is 24.3 Å². The molecule has 50 heavy (non-hydrogen) atoms. The van der Waals surface area contributed by atoms with Gasteiger partial charge in [-0.2, -0.15) is 0 Å². The van der Waals surface area contributed by atoms with Crippen LogP contribution in [-0.4, -0.2) is 87.1 Å². The van der Waals surface area contributed by atoms with E-state index in [1.807, 2.05) is 0 Å². The van der Waals surface area contributed by atoms with Crippen molar-refractivity contribution in [1.29, 1.82) is 0 Å². The summed E-state index contributed by atoms with van der Waals surface area (Å²) in [7, 11) is 0. The number of rotatable bonds is 15. The number of ether oxygens (including phenoxy) is 2. The van der Waals surface area contributed by atoms with Crippen LogP contribution in [0.4, 0.5) is 11.4 Å². The molecule has 0 atom stereocenters. The highest BCUT2D eigenvalue weighted by Gasteiger charge is 2.24. The second-order valence-corrected chi connectivity index (χ2v) is 9.47. The monoisotopic (exact) mass is 708 g/mol. The summed E-state index contributed by atoms with van der Waals surface area (Å²) in [5.74, 6) is -7.66. The van der Waals surface area contributed by atoms with Crippen molar-refractivity contribution in [3.63, 3.8) is 0 Å². The maximum absolute atomic E-state index is 12.3. The topological polar surface area (TPSA) is 235 Å². The van der Waals surface area contributed by atoms with Crippen LogP contribution in [0.25, 0.3) is 0 Å². The van der Waals surface area contributed by atoms with E-state index in [4.69, 9.17) is 9.47 Å². The third-order valence-corrected chi connectivity index (χ3v) is 5.30. The lowest BCUT2D eigenvalue weighted by Gasteiger charge is -2.25. The van der Waals surface area contributed by atoms with E-state index in [9.17, 15) is 38.4 Å². The first-order valence-corrected chi connectivity index (χ1v) is 14.2. The van der Waals surface area contributed by atoms with E-state index in [2.05, 4.69) is 39.1 Å². The van der Waals surface area contributed by atoms with E-state index in [0.29, 0.717) is 0 Å². The predicted octanol–water partition coefficient (Wildman–Crippen LogP) is 0.842. The quantitative estimate of drug-likeness (QED) is 0.142. The van der Waals surface area contributed by atoms with Crippen LogP contribution in [-0.2, 0) is 77.5 Å². The van der Waals surface area contributed by atoms with Crippen LogP contribution >= 0.6 is 0 Å². The first-order chi connectivity index (χ1) is 23.7. The van der Waals surface area contributed by atoms with Crippen LogP contribution in [0, 0.1) is 0 Å². The van der Waals surface area contributed by atoms with E-state index >= 15 is 0 Å². The number of nitrogens with zero attached hydrogens (tertiary/aromatic N) is 2. The third-order valence-electron chi connectivity index (χ3n) is 5.30. The molecule has 0 bridgehead atoms. The molecule has 0 aliphatic carbocycles. The lowest BCUT2D eigenvalue weighted by atomic mass is 10.2. The lowest BCUT2D eigenvalue weighted by Crippen LogP contribution is -2.37. The Labute approximate surface area is 283 Å². The first-order valence-electron chi connectivity index (χ1n) is 14.2. The van der Waals surface area contributed by atoms with Crippen LogP contribution in [0.1, 0.15) is 27.7 Å². The summed E-state index contributed by atoms with van der Waals surface area (Å²) in [5, 5.41) is 0. The fraction of sp³-hybridized carbons (Fsp3) is 0.333. The van der Waals surface area contributed by atoms with Gasteiger partial charge in [0.1, 0.15) is 50.9 Å². The fourth-order valence-corrected chi connectivity index (χ4v) is 3.59. The zero-order valence-corrected chi connectivity index (χ0v) is 27.1. The van der Waals surface area contributed by atoms with Gasteiger partial charge in [0.05, 0.1) is 11.4 Å². The number of hydrogen-bond donors (Lipinski definition) is 0. The lowest BCUT2D eigenvalue weighted by molar-refractivity contribution is -0.257. The van der Waals surface area contributed by atoms with Crippen molar-refractivity contribution in [2.24, 2.45) is 0 Å². The summed E-state index contributed by atoms with van der Waals surface area (Å²) in [4.78, 5) is 130. The van der Waals surface area contributed by atoms with E-state index in [1.165, 1.54) is 24.3 Å². The van der Waals surface area contributed by atoms with E-state index in [-0.39, 0.29) is 36.1 Å². The minimum absolute atomic E-state index is 0.132. The fourth-order valence-electron chi connectivity index (χ4n) is 3.59. The molecular formula is C30H32N2O18. The van der Waals surface area contributed by atoms with Gasteiger partial charge >= 0.3 is 47.8 Å². The molecule has 20 nitrogen and oxygen atoms in total. The Morgan fingerprint density at radius 3 is 0.940 bits per heavy atom. The van der Waals surface area contributed by atoms with Crippen LogP contribution < -0.4 is 19.3 Å². The average Bonchev–Trinajstić information content (AvgIpc) is 3.06. The summed E-state index contributed by atoms with van der Waals surface area (Å²) >= 11 is 0. The van der Waals surface area contributed by atoms with Crippen molar-refractivity contribution >= 4 is 59.1 Å². The predicted molar refractivity (Wildman–Crippen MR) is 160 cm³/mol. The van der Waals surface area contributed by atoms with Gasteiger partial charge in [0, 0.05) is 27.7 Å². The van der Waals surface area contributed by atoms with Gasteiger partial charge in [-0.1, -0.05) is 24.3 Å². The molecule has 0 aromatic heterocycles. The number of carbonyl (C=O) groups is 8. The molecule has 0 aliphatic rings. The molecule has 0 fully saturated rings. The van der Waals surface area contributed by atoms with E-state index < -0.39 is 73.9 Å². The van der Waals surface area contributed by atoms with Crippen molar-refractivity contribution < 1.29 is 86.9 Å². The SMILES string of the molecule is CC(=O)OOC(=O)CN(CC(=O)OOC(C)=O)c1ccccc1OCCOc1ccccc1N(CC(=O)OOC(C)=O)CC(=O)OOC(C)=O. The highest BCUT2D eigenvalue weighted by Crippen LogP contribution is 2.30. The number of anilines is 2. The summed E-state index contributed by atoms with van der Waals surface area (Å²) in [6, 6.07) is 12.2. The van der Waals surface area contributed by atoms with Gasteiger partial charge in [-0.15, -0.1) is 0 Å². The van der Waals surface area contributed by atoms with Crippen molar-refractivity contribution in [2.75, 3.05) is 49.2 Å². The Bertz CT molecular complexity index is 1370. The van der Waals surface area contributed by atoms with Crippen molar-refractivity contribution in [3.05, 3.63) is 48.5 Å². The van der Waals surface area contributed by atoms with E-state index in [0.717, 1.165) is 37.5 Å². The zero-order chi connectivity index (χ0) is 37.1. The Morgan fingerprint density at radius 2 is 0.680 bits per heavy atom. The van der Waals surface area contributed by atoms with Crippen LogP contribution in [0.2, 0.25) is 0 Å². The Kier molecular flexibility index (Phi) is 16.3.